The molecule has 1 saturated heterocycles. The predicted octanol–water partition coefficient (Wildman–Crippen LogP) is 2.67. The molecule has 1 fully saturated rings. The van der Waals surface area contributed by atoms with E-state index in [1.54, 1.807) is 15.8 Å². The minimum Gasteiger partial charge on any atom is -0.481 e. The van der Waals surface area contributed by atoms with Crippen LogP contribution in [0, 0.1) is 12.8 Å². The lowest BCUT2D eigenvalue weighted by molar-refractivity contribution is -0.138. The second-order valence-corrected chi connectivity index (χ2v) is 7.17. The van der Waals surface area contributed by atoms with Gasteiger partial charge in [0, 0.05) is 24.0 Å². The molecule has 3 rings (SSSR count). The van der Waals surface area contributed by atoms with Crippen molar-refractivity contribution in [3.8, 4) is 5.69 Å². The van der Waals surface area contributed by atoms with Crippen LogP contribution in [-0.2, 0) is 4.79 Å². The van der Waals surface area contributed by atoms with Crippen LogP contribution in [0.3, 0.4) is 0 Å². The number of aliphatic carboxylic acids is 1. The quantitative estimate of drug-likeness (QED) is 0.842. The molecule has 1 aliphatic heterocycles. The second kappa shape index (κ2) is 7.35. The molecule has 0 saturated carbocycles. The van der Waals surface area contributed by atoms with Gasteiger partial charge in [0.25, 0.3) is 5.91 Å². The van der Waals surface area contributed by atoms with Gasteiger partial charge in [0.05, 0.1) is 11.9 Å². The summed E-state index contributed by atoms with van der Waals surface area (Å²) in [5.74, 6) is -0.797. The van der Waals surface area contributed by atoms with E-state index in [0.29, 0.717) is 31.6 Å². The molecule has 1 amide bonds. The van der Waals surface area contributed by atoms with Gasteiger partial charge in [-0.2, -0.15) is 0 Å². The summed E-state index contributed by atoms with van der Waals surface area (Å²) in [6.45, 7) is 3.10. The number of aryl methyl sites for hydroxylation is 1. The zero-order valence-corrected chi connectivity index (χ0v) is 15.4. The van der Waals surface area contributed by atoms with Gasteiger partial charge in [-0.15, -0.1) is 5.10 Å². The third kappa shape index (κ3) is 4.07. The van der Waals surface area contributed by atoms with E-state index in [1.165, 1.54) is 0 Å². The standard InChI is InChI=1S/C17H19BrN4O3/c1-11-8-13(2-3-14(11)18)22-10-15(19-20-22)17(25)21-6-4-12(5-7-21)9-16(23)24/h2-3,8,10,12H,4-7,9H2,1H3,(H,23,24). The third-order valence-electron chi connectivity index (χ3n) is 4.48. The van der Waals surface area contributed by atoms with Crippen LogP contribution in [0.25, 0.3) is 5.69 Å². The van der Waals surface area contributed by atoms with Crippen molar-refractivity contribution in [3.05, 3.63) is 40.1 Å². The van der Waals surface area contributed by atoms with Crippen molar-refractivity contribution in [2.45, 2.75) is 26.2 Å². The van der Waals surface area contributed by atoms with Crippen LogP contribution in [0.15, 0.2) is 28.9 Å². The number of amides is 1. The molecule has 0 bridgehead atoms. The van der Waals surface area contributed by atoms with Crippen molar-refractivity contribution in [3.63, 3.8) is 0 Å². The number of carbonyl (C=O) groups excluding carboxylic acids is 1. The number of rotatable bonds is 4. The van der Waals surface area contributed by atoms with Gasteiger partial charge in [0.15, 0.2) is 5.69 Å². The second-order valence-electron chi connectivity index (χ2n) is 6.32. The van der Waals surface area contributed by atoms with Gasteiger partial charge in [-0.05, 0) is 49.4 Å². The highest BCUT2D eigenvalue weighted by Gasteiger charge is 2.26. The van der Waals surface area contributed by atoms with Gasteiger partial charge < -0.3 is 10.0 Å². The lowest BCUT2D eigenvalue weighted by Crippen LogP contribution is -2.39. The SMILES string of the molecule is Cc1cc(-n2cc(C(=O)N3CCC(CC(=O)O)CC3)nn2)ccc1Br. The van der Waals surface area contributed by atoms with Crippen LogP contribution >= 0.6 is 15.9 Å². The van der Waals surface area contributed by atoms with E-state index in [1.807, 2.05) is 25.1 Å². The Labute approximate surface area is 153 Å². The Bertz CT molecular complexity index is 797. The number of hydrogen-bond donors (Lipinski definition) is 1. The summed E-state index contributed by atoms with van der Waals surface area (Å²) in [5.41, 5.74) is 2.21. The number of nitrogens with zero attached hydrogens (tertiary/aromatic N) is 4. The summed E-state index contributed by atoms with van der Waals surface area (Å²) < 4.78 is 2.60. The maximum absolute atomic E-state index is 12.6. The average molecular weight is 407 g/mol. The molecule has 8 heteroatoms. The zero-order chi connectivity index (χ0) is 18.0. The molecule has 132 valence electrons. The monoisotopic (exact) mass is 406 g/mol. The lowest BCUT2D eigenvalue weighted by atomic mass is 9.93. The minimum atomic E-state index is -0.780. The van der Waals surface area contributed by atoms with Crippen LogP contribution in [-0.4, -0.2) is 50.0 Å². The average Bonchev–Trinajstić information content (AvgIpc) is 3.07. The summed E-state index contributed by atoms with van der Waals surface area (Å²) in [6.07, 6.45) is 3.21. The number of piperidine rings is 1. The van der Waals surface area contributed by atoms with E-state index in [4.69, 9.17) is 5.11 Å². The number of benzene rings is 1. The molecule has 0 aliphatic carbocycles. The van der Waals surface area contributed by atoms with E-state index in [9.17, 15) is 9.59 Å². The van der Waals surface area contributed by atoms with Crippen LogP contribution < -0.4 is 0 Å². The van der Waals surface area contributed by atoms with Crippen molar-refractivity contribution < 1.29 is 14.7 Å². The molecule has 25 heavy (non-hydrogen) atoms. The first-order valence-corrected chi connectivity index (χ1v) is 8.93. The van der Waals surface area contributed by atoms with Crippen molar-refractivity contribution in [1.29, 1.82) is 0 Å². The fraction of sp³-hybridized carbons (Fsp3) is 0.412. The largest absolute Gasteiger partial charge is 0.481 e. The fourth-order valence-corrected chi connectivity index (χ4v) is 3.26. The maximum Gasteiger partial charge on any atom is 0.303 e. The molecule has 0 atom stereocenters. The van der Waals surface area contributed by atoms with Crippen molar-refractivity contribution in [2.24, 2.45) is 5.92 Å². The lowest BCUT2D eigenvalue weighted by Gasteiger charge is -2.30. The van der Waals surface area contributed by atoms with Crippen LogP contribution in [0.5, 0.6) is 0 Å². The molecule has 1 aliphatic rings. The van der Waals surface area contributed by atoms with Gasteiger partial charge in [-0.3, -0.25) is 9.59 Å². The van der Waals surface area contributed by atoms with Crippen molar-refractivity contribution in [2.75, 3.05) is 13.1 Å². The number of aromatic nitrogens is 3. The first-order chi connectivity index (χ1) is 11.9. The predicted molar refractivity (Wildman–Crippen MR) is 94.7 cm³/mol. The molecular formula is C17H19BrN4O3. The number of likely N-dealkylation sites (tertiary alicyclic amines) is 1. The number of halogens is 1. The van der Waals surface area contributed by atoms with Gasteiger partial charge in [-0.25, -0.2) is 4.68 Å². The Balaban J connectivity index is 1.67. The Morgan fingerprint density at radius 2 is 2.04 bits per heavy atom. The van der Waals surface area contributed by atoms with Gasteiger partial charge in [-0.1, -0.05) is 21.1 Å². The Morgan fingerprint density at radius 1 is 1.32 bits per heavy atom. The number of carboxylic acids is 1. The summed E-state index contributed by atoms with van der Waals surface area (Å²) in [7, 11) is 0. The number of hydrogen-bond acceptors (Lipinski definition) is 4. The normalized spacial score (nSPS) is 15.4. The molecule has 2 aromatic rings. The molecule has 0 radical (unpaired) electrons. The summed E-state index contributed by atoms with van der Waals surface area (Å²) >= 11 is 3.46. The molecule has 1 N–H and O–H groups in total. The Morgan fingerprint density at radius 3 is 2.68 bits per heavy atom. The molecule has 0 unspecified atom stereocenters. The van der Waals surface area contributed by atoms with Crippen molar-refractivity contribution >= 4 is 27.8 Å². The van der Waals surface area contributed by atoms with Crippen LogP contribution in [0.1, 0.15) is 35.3 Å². The van der Waals surface area contributed by atoms with E-state index < -0.39 is 5.97 Å². The van der Waals surface area contributed by atoms with Gasteiger partial charge >= 0.3 is 5.97 Å². The summed E-state index contributed by atoms with van der Waals surface area (Å²) in [5, 5.41) is 16.9. The van der Waals surface area contributed by atoms with Crippen LogP contribution in [0.4, 0.5) is 0 Å². The number of carboxylic acid groups (broad SMARTS) is 1. The first-order valence-electron chi connectivity index (χ1n) is 8.14. The minimum absolute atomic E-state index is 0.142. The highest BCUT2D eigenvalue weighted by Crippen LogP contribution is 2.22. The van der Waals surface area contributed by atoms with Crippen molar-refractivity contribution in [1.82, 2.24) is 19.9 Å². The molecule has 7 nitrogen and oxygen atoms in total. The summed E-state index contributed by atoms with van der Waals surface area (Å²) in [6, 6.07) is 5.79. The van der Waals surface area contributed by atoms with E-state index >= 15 is 0 Å². The number of carbonyl (C=O) groups is 2. The molecule has 1 aromatic carbocycles. The van der Waals surface area contributed by atoms with Gasteiger partial charge in [0.2, 0.25) is 0 Å². The Kier molecular flexibility index (Phi) is 5.17. The fourth-order valence-electron chi connectivity index (χ4n) is 3.01. The maximum atomic E-state index is 12.6. The molecule has 1 aromatic heterocycles. The van der Waals surface area contributed by atoms with E-state index in [-0.39, 0.29) is 18.2 Å². The highest BCUT2D eigenvalue weighted by atomic mass is 79.9. The summed E-state index contributed by atoms with van der Waals surface area (Å²) in [4.78, 5) is 25.1. The molecule has 0 spiro atoms. The van der Waals surface area contributed by atoms with Crippen LogP contribution in [0.2, 0.25) is 0 Å². The van der Waals surface area contributed by atoms with E-state index in [2.05, 4.69) is 26.2 Å². The third-order valence-corrected chi connectivity index (χ3v) is 5.37. The highest BCUT2D eigenvalue weighted by molar-refractivity contribution is 9.10. The molecule has 2 heterocycles. The molecular weight excluding hydrogens is 388 g/mol. The van der Waals surface area contributed by atoms with Gasteiger partial charge in [0.1, 0.15) is 0 Å². The first kappa shape index (κ1) is 17.6. The van der Waals surface area contributed by atoms with E-state index in [0.717, 1.165) is 15.7 Å². The Hall–Kier alpha value is -2.22. The topological polar surface area (TPSA) is 88.3 Å². The zero-order valence-electron chi connectivity index (χ0n) is 13.9. The smallest absolute Gasteiger partial charge is 0.303 e.